The average molecular weight is 314 g/mol. The summed E-state index contributed by atoms with van der Waals surface area (Å²) in [5, 5.41) is 9.18. The van der Waals surface area contributed by atoms with Gasteiger partial charge < -0.3 is 5.11 Å². The van der Waals surface area contributed by atoms with E-state index < -0.39 is 5.97 Å². The van der Waals surface area contributed by atoms with Crippen LogP contribution in [0, 0.1) is 0 Å². The number of rotatable bonds is 7. The van der Waals surface area contributed by atoms with Gasteiger partial charge in [0.15, 0.2) is 5.78 Å². The largest absolute Gasteiger partial charge is 0.478 e. The van der Waals surface area contributed by atoms with Crippen LogP contribution >= 0.6 is 11.8 Å². The summed E-state index contributed by atoms with van der Waals surface area (Å²) in [6, 6.07) is 14.3. The predicted molar refractivity (Wildman–Crippen MR) is 87.8 cm³/mol. The Labute approximate surface area is 134 Å². The molecule has 0 aromatic heterocycles. The number of carboxylic acids is 1. The van der Waals surface area contributed by atoms with Crippen molar-refractivity contribution in [3.8, 4) is 0 Å². The zero-order valence-electron chi connectivity index (χ0n) is 12.4. The van der Waals surface area contributed by atoms with E-state index in [-0.39, 0.29) is 11.3 Å². The Morgan fingerprint density at radius 3 is 2.36 bits per heavy atom. The van der Waals surface area contributed by atoms with Crippen molar-refractivity contribution in [2.45, 2.75) is 36.0 Å². The molecule has 2 aromatic rings. The summed E-state index contributed by atoms with van der Waals surface area (Å²) in [5.74, 6) is -0.779. The van der Waals surface area contributed by atoms with Crippen molar-refractivity contribution in [3.05, 3.63) is 59.7 Å². The van der Waals surface area contributed by atoms with Crippen molar-refractivity contribution in [2.75, 3.05) is 0 Å². The smallest absolute Gasteiger partial charge is 0.336 e. The highest BCUT2D eigenvalue weighted by Crippen LogP contribution is 2.30. The first-order chi connectivity index (χ1) is 10.6. The number of ketones is 1. The number of hydrogen-bond donors (Lipinski definition) is 1. The first-order valence-electron chi connectivity index (χ1n) is 7.25. The molecule has 3 nitrogen and oxygen atoms in total. The lowest BCUT2D eigenvalue weighted by atomic mass is 10.1. The molecule has 0 radical (unpaired) electrons. The third kappa shape index (κ3) is 4.21. The standard InChI is InChI=1S/C18H18O3S/c1-2-3-7-16(19)13-9-11-14(12-10-13)22-17-8-5-4-6-15(17)18(20)21/h4-6,8-12H,2-3,7H2,1H3,(H,20,21). The highest BCUT2D eigenvalue weighted by atomic mass is 32.2. The van der Waals surface area contributed by atoms with Gasteiger partial charge in [0, 0.05) is 21.8 Å². The van der Waals surface area contributed by atoms with Gasteiger partial charge in [0.1, 0.15) is 0 Å². The summed E-state index contributed by atoms with van der Waals surface area (Å²) in [4.78, 5) is 24.7. The van der Waals surface area contributed by atoms with Gasteiger partial charge in [0.25, 0.3) is 0 Å². The van der Waals surface area contributed by atoms with Crippen molar-refractivity contribution in [2.24, 2.45) is 0 Å². The minimum absolute atomic E-state index is 0.157. The fourth-order valence-electron chi connectivity index (χ4n) is 2.05. The van der Waals surface area contributed by atoms with Gasteiger partial charge >= 0.3 is 5.97 Å². The van der Waals surface area contributed by atoms with Crippen LogP contribution in [0.1, 0.15) is 46.9 Å². The van der Waals surface area contributed by atoms with Gasteiger partial charge in [0.05, 0.1) is 5.56 Å². The van der Waals surface area contributed by atoms with Gasteiger partial charge in [-0.1, -0.05) is 49.4 Å². The molecule has 0 aliphatic carbocycles. The highest BCUT2D eigenvalue weighted by molar-refractivity contribution is 7.99. The lowest BCUT2D eigenvalue weighted by Gasteiger charge is -2.06. The van der Waals surface area contributed by atoms with Crippen LogP contribution in [0.5, 0.6) is 0 Å². The topological polar surface area (TPSA) is 54.4 Å². The normalized spacial score (nSPS) is 10.4. The van der Waals surface area contributed by atoms with Crippen molar-refractivity contribution >= 4 is 23.5 Å². The Morgan fingerprint density at radius 2 is 1.73 bits per heavy atom. The van der Waals surface area contributed by atoms with Crippen LogP contribution in [-0.2, 0) is 0 Å². The highest BCUT2D eigenvalue weighted by Gasteiger charge is 2.11. The van der Waals surface area contributed by atoms with Gasteiger partial charge in [-0.05, 0) is 30.7 Å². The number of hydrogen-bond acceptors (Lipinski definition) is 3. The van der Waals surface area contributed by atoms with Crippen LogP contribution in [0.2, 0.25) is 0 Å². The van der Waals surface area contributed by atoms with Gasteiger partial charge in [-0.2, -0.15) is 0 Å². The lowest BCUT2D eigenvalue weighted by Crippen LogP contribution is -1.99. The van der Waals surface area contributed by atoms with E-state index >= 15 is 0 Å². The van der Waals surface area contributed by atoms with E-state index in [4.69, 9.17) is 0 Å². The van der Waals surface area contributed by atoms with E-state index in [9.17, 15) is 14.7 Å². The molecule has 0 aliphatic heterocycles. The molecule has 0 amide bonds. The molecule has 0 heterocycles. The molecule has 114 valence electrons. The van der Waals surface area contributed by atoms with Gasteiger partial charge in [-0.15, -0.1) is 0 Å². The van der Waals surface area contributed by atoms with Crippen LogP contribution in [-0.4, -0.2) is 16.9 Å². The quantitative estimate of drug-likeness (QED) is 0.738. The van der Waals surface area contributed by atoms with Crippen LogP contribution in [0.3, 0.4) is 0 Å². The average Bonchev–Trinajstić information content (AvgIpc) is 2.53. The van der Waals surface area contributed by atoms with E-state index in [0.29, 0.717) is 16.9 Å². The van der Waals surface area contributed by atoms with Crippen LogP contribution in [0.15, 0.2) is 58.3 Å². The maximum Gasteiger partial charge on any atom is 0.336 e. The Morgan fingerprint density at radius 1 is 1.05 bits per heavy atom. The summed E-state index contributed by atoms with van der Waals surface area (Å²) >= 11 is 1.39. The molecule has 4 heteroatoms. The predicted octanol–water partition coefficient (Wildman–Crippen LogP) is 4.91. The van der Waals surface area contributed by atoms with Crippen molar-refractivity contribution in [3.63, 3.8) is 0 Å². The lowest BCUT2D eigenvalue weighted by molar-refractivity contribution is 0.0693. The second kappa shape index (κ2) is 7.80. The number of carboxylic acid groups (broad SMARTS) is 1. The van der Waals surface area contributed by atoms with E-state index in [1.165, 1.54) is 11.8 Å². The van der Waals surface area contributed by atoms with E-state index in [0.717, 1.165) is 17.7 Å². The molecule has 1 N–H and O–H groups in total. The van der Waals surface area contributed by atoms with E-state index in [1.54, 1.807) is 18.2 Å². The molecule has 0 saturated heterocycles. The SMILES string of the molecule is CCCCC(=O)c1ccc(Sc2ccccc2C(=O)O)cc1. The molecule has 0 spiro atoms. The minimum Gasteiger partial charge on any atom is -0.478 e. The van der Waals surface area contributed by atoms with Gasteiger partial charge in [-0.25, -0.2) is 4.79 Å². The number of carbonyl (C=O) groups is 2. The fraction of sp³-hybridized carbons (Fsp3) is 0.222. The molecular formula is C18H18O3S. The summed E-state index contributed by atoms with van der Waals surface area (Å²) in [6.07, 6.45) is 2.48. The molecule has 0 saturated carbocycles. The summed E-state index contributed by atoms with van der Waals surface area (Å²) in [7, 11) is 0. The second-order valence-electron chi connectivity index (χ2n) is 4.95. The van der Waals surface area contributed by atoms with E-state index in [2.05, 4.69) is 6.92 Å². The number of Topliss-reactive ketones (excluding diaryl/α,β-unsaturated/α-hetero) is 1. The molecular weight excluding hydrogens is 296 g/mol. The van der Waals surface area contributed by atoms with E-state index in [1.807, 2.05) is 30.3 Å². The van der Waals surface area contributed by atoms with Crippen molar-refractivity contribution < 1.29 is 14.7 Å². The minimum atomic E-state index is -0.936. The van der Waals surface area contributed by atoms with Gasteiger partial charge in [0.2, 0.25) is 0 Å². The summed E-state index contributed by atoms with van der Waals surface area (Å²) in [5.41, 5.74) is 1.000. The Balaban J connectivity index is 2.12. The number of carbonyl (C=O) groups excluding carboxylic acids is 1. The molecule has 0 bridgehead atoms. The second-order valence-corrected chi connectivity index (χ2v) is 6.07. The first-order valence-corrected chi connectivity index (χ1v) is 8.07. The zero-order chi connectivity index (χ0) is 15.9. The van der Waals surface area contributed by atoms with Crippen molar-refractivity contribution in [1.82, 2.24) is 0 Å². The summed E-state index contributed by atoms with van der Waals surface area (Å²) in [6.45, 7) is 2.06. The monoisotopic (exact) mass is 314 g/mol. The molecule has 22 heavy (non-hydrogen) atoms. The Hall–Kier alpha value is -2.07. The maximum absolute atomic E-state index is 11.9. The fourth-order valence-corrected chi connectivity index (χ4v) is 2.99. The number of aromatic carboxylic acids is 1. The molecule has 2 rings (SSSR count). The van der Waals surface area contributed by atoms with Crippen LogP contribution in [0.25, 0.3) is 0 Å². The van der Waals surface area contributed by atoms with Gasteiger partial charge in [-0.3, -0.25) is 4.79 Å². The van der Waals surface area contributed by atoms with Crippen molar-refractivity contribution in [1.29, 1.82) is 0 Å². The van der Waals surface area contributed by atoms with Crippen LogP contribution < -0.4 is 0 Å². The summed E-state index contributed by atoms with van der Waals surface area (Å²) < 4.78 is 0. The van der Waals surface area contributed by atoms with Crippen LogP contribution in [0.4, 0.5) is 0 Å². The molecule has 0 atom stereocenters. The third-order valence-corrected chi connectivity index (χ3v) is 4.36. The molecule has 2 aromatic carbocycles. The molecule has 0 unspecified atom stereocenters. The Kier molecular flexibility index (Phi) is 5.78. The molecule has 0 aliphatic rings. The maximum atomic E-state index is 11.9. The third-order valence-electron chi connectivity index (χ3n) is 3.28. The number of benzene rings is 2. The first kappa shape index (κ1) is 16.3. The zero-order valence-corrected chi connectivity index (χ0v) is 13.2. The molecule has 0 fully saturated rings. The number of unbranched alkanes of at least 4 members (excludes halogenated alkanes) is 1. The Bertz CT molecular complexity index is 662.